The highest BCUT2D eigenvalue weighted by molar-refractivity contribution is 7.09. The number of hydrogen-bond donors (Lipinski definition) is 0. The van der Waals surface area contributed by atoms with Crippen LogP contribution in [0.5, 0.6) is 0 Å². The van der Waals surface area contributed by atoms with Crippen molar-refractivity contribution < 1.29 is 0 Å². The van der Waals surface area contributed by atoms with Gasteiger partial charge in [-0.25, -0.2) is 4.98 Å². The van der Waals surface area contributed by atoms with E-state index < -0.39 is 0 Å². The maximum absolute atomic E-state index is 4.38. The number of hydrogen-bond acceptors (Lipinski definition) is 4. The first-order valence-electron chi connectivity index (χ1n) is 6.40. The topological polar surface area (TPSA) is 29.0 Å². The maximum atomic E-state index is 4.38. The lowest BCUT2D eigenvalue weighted by atomic mass is 10.1. The van der Waals surface area contributed by atoms with Crippen LogP contribution in [0.1, 0.15) is 17.0 Å². The van der Waals surface area contributed by atoms with Gasteiger partial charge in [-0.2, -0.15) is 0 Å². The van der Waals surface area contributed by atoms with E-state index in [-0.39, 0.29) is 0 Å². The third-order valence-corrected chi connectivity index (χ3v) is 4.27. The van der Waals surface area contributed by atoms with Gasteiger partial charge in [0, 0.05) is 43.5 Å². The van der Waals surface area contributed by atoms with E-state index in [1.807, 2.05) is 18.6 Å². The molecule has 1 fully saturated rings. The number of likely N-dealkylation sites (tertiary alicyclic amines) is 1. The second-order valence-corrected chi connectivity index (χ2v) is 5.85. The van der Waals surface area contributed by atoms with Crippen LogP contribution in [0.15, 0.2) is 36.1 Å². The summed E-state index contributed by atoms with van der Waals surface area (Å²) >= 11 is 1.78. The number of aromatic nitrogens is 2. The molecule has 0 radical (unpaired) electrons. The van der Waals surface area contributed by atoms with Gasteiger partial charge in [-0.3, -0.25) is 9.88 Å². The Labute approximate surface area is 112 Å². The molecular weight excluding hydrogens is 242 g/mol. The van der Waals surface area contributed by atoms with E-state index in [0.29, 0.717) is 0 Å². The summed E-state index contributed by atoms with van der Waals surface area (Å²) in [5.41, 5.74) is 1.36. The molecule has 0 bridgehead atoms. The van der Waals surface area contributed by atoms with Crippen LogP contribution in [0.2, 0.25) is 0 Å². The second kappa shape index (κ2) is 5.59. The third kappa shape index (κ3) is 2.94. The SMILES string of the molecule is c1cc(CN2CCC(Cc3nccs3)C2)ccn1. The molecule has 4 heteroatoms. The van der Waals surface area contributed by atoms with Gasteiger partial charge >= 0.3 is 0 Å². The lowest BCUT2D eigenvalue weighted by Crippen LogP contribution is -2.20. The molecule has 1 aliphatic rings. The number of nitrogens with zero attached hydrogens (tertiary/aromatic N) is 3. The first-order chi connectivity index (χ1) is 8.90. The molecule has 0 aromatic carbocycles. The minimum Gasteiger partial charge on any atom is -0.299 e. The fourth-order valence-corrected chi connectivity index (χ4v) is 3.30. The van der Waals surface area contributed by atoms with Crippen LogP contribution in [0, 0.1) is 5.92 Å². The normalized spacial score (nSPS) is 20.3. The zero-order valence-corrected chi connectivity index (χ0v) is 11.1. The molecule has 2 aromatic rings. The van der Waals surface area contributed by atoms with Gasteiger partial charge in [0.25, 0.3) is 0 Å². The smallest absolute Gasteiger partial charge is 0.0928 e. The minimum atomic E-state index is 0.776. The fraction of sp³-hybridized carbons (Fsp3) is 0.429. The quantitative estimate of drug-likeness (QED) is 0.845. The van der Waals surface area contributed by atoms with E-state index in [2.05, 4.69) is 32.4 Å². The summed E-state index contributed by atoms with van der Waals surface area (Å²) in [5, 5.41) is 3.35. The fourth-order valence-electron chi connectivity index (χ4n) is 2.57. The lowest BCUT2D eigenvalue weighted by Gasteiger charge is -2.15. The van der Waals surface area contributed by atoms with Crippen molar-refractivity contribution in [2.45, 2.75) is 19.4 Å². The van der Waals surface area contributed by atoms with Gasteiger partial charge in [0.1, 0.15) is 0 Å². The van der Waals surface area contributed by atoms with Gasteiger partial charge in [0.2, 0.25) is 0 Å². The Kier molecular flexibility index (Phi) is 3.67. The monoisotopic (exact) mass is 259 g/mol. The van der Waals surface area contributed by atoms with Crippen molar-refractivity contribution in [3.63, 3.8) is 0 Å². The summed E-state index contributed by atoms with van der Waals surface area (Å²) in [5.74, 6) is 0.776. The standard InChI is InChI=1S/C14H17N3S/c1-4-15-5-2-12(1)10-17-7-3-13(11-17)9-14-16-6-8-18-14/h1-2,4-6,8,13H,3,7,9-11H2. The highest BCUT2D eigenvalue weighted by atomic mass is 32.1. The molecule has 0 amide bonds. The van der Waals surface area contributed by atoms with Crippen molar-refractivity contribution in [3.8, 4) is 0 Å². The molecular formula is C14H17N3S. The predicted molar refractivity (Wildman–Crippen MR) is 73.4 cm³/mol. The first kappa shape index (κ1) is 11.8. The van der Waals surface area contributed by atoms with Gasteiger partial charge in [-0.05, 0) is 36.6 Å². The summed E-state index contributed by atoms with van der Waals surface area (Å²) in [4.78, 5) is 11.0. The molecule has 3 heterocycles. The maximum Gasteiger partial charge on any atom is 0.0928 e. The van der Waals surface area contributed by atoms with Crippen molar-refractivity contribution in [2.75, 3.05) is 13.1 Å². The molecule has 3 rings (SSSR count). The molecule has 1 aliphatic heterocycles. The Morgan fingerprint density at radius 1 is 1.28 bits per heavy atom. The van der Waals surface area contributed by atoms with E-state index in [1.165, 1.54) is 30.1 Å². The molecule has 0 saturated carbocycles. The highest BCUT2D eigenvalue weighted by Gasteiger charge is 2.23. The van der Waals surface area contributed by atoms with Crippen LogP contribution in [0.3, 0.4) is 0 Å². The van der Waals surface area contributed by atoms with Gasteiger partial charge in [0.05, 0.1) is 5.01 Å². The number of thiazole rings is 1. The Bertz CT molecular complexity index is 469. The highest BCUT2D eigenvalue weighted by Crippen LogP contribution is 2.23. The lowest BCUT2D eigenvalue weighted by molar-refractivity contribution is 0.316. The third-order valence-electron chi connectivity index (χ3n) is 3.47. The number of rotatable bonds is 4. The molecule has 94 valence electrons. The molecule has 1 atom stereocenters. The van der Waals surface area contributed by atoms with Crippen LogP contribution in [0.4, 0.5) is 0 Å². The molecule has 3 nitrogen and oxygen atoms in total. The van der Waals surface area contributed by atoms with Gasteiger partial charge in [-0.1, -0.05) is 0 Å². The molecule has 18 heavy (non-hydrogen) atoms. The molecule has 1 saturated heterocycles. The van der Waals surface area contributed by atoms with E-state index in [0.717, 1.165) is 18.9 Å². The minimum absolute atomic E-state index is 0.776. The van der Waals surface area contributed by atoms with Crippen molar-refractivity contribution in [1.82, 2.24) is 14.9 Å². The summed E-state index contributed by atoms with van der Waals surface area (Å²) in [6, 6.07) is 4.21. The van der Waals surface area contributed by atoms with Crippen molar-refractivity contribution in [3.05, 3.63) is 46.7 Å². The summed E-state index contributed by atoms with van der Waals surface area (Å²) < 4.78 is 0. The molecule has 2 aromatic heterocycles. The van der Waals surface area contributed by atoms with Crippen molar-refractivity contribution in [2.24, 2.45) is 5.92 Å². The molecule has 0 spiro atoms. The second-order valence-electron chi connectivity index (χ2n) is 4.88. The Morgan fingerprint density at radius 2 is 2.17 bits per heavy atom. The van der Waals surface area contributed by atoms with Crippen molar-refractivity contribution >= 4 is 11.3 Å². The van der Waals surface area contributed by atoms with Gasteiger partial charge < -0.3 is 0 Å². The van der Waals surface area contributed by atoms with Crippen LogP contribution < -0.4 is 0 Å². The number of pyridine rings is 1. The largest absolute Gasteiger partial charge is 0.299 e. The Morgan fingerprint density at radius 3 is 2.94 bits per heavy atom. The zero-order valence-electron chi connectivity index (χ0n) is 10.3. The molecule has 0 aliphatic carbocycles. The van der Waals surface area contributed by atoms with Gasteiger partial charge in [0.15, 0.2) is 0 Å². The van der Waals surface area contributed by atoms with Crippen LogP contribution in [0.25, 0.3) is 0 Å². The summed E-state index contributed by atoms with van der Waals surface area (Å²) in [6.07, 6.45) is 8.09. The summed E-state index contributed by atoms with van der Waals surface area (Å²) in [6.45, 7) is 3.46. The van der Waals surface area contributed by atoms with Crippen LogP contribution in [-0.4, -0.2) is 28.0 Å². The molecule has 1 unspecified atom stereocenters. The van der Waals surface area contributed by atoms with E-state index in [4.69, 9.17) is 0 Å². The zero-order chi connectivity index (χ0) is 12.2. The average Bonchev–Trinajstić information content (AvgIpc) is 3.03. The van der Waals surface area contributed by atoms with Crippen LogP contribution >= 0.6 is 11.3 Å². The summed E-state index contributed by atoms with van der Waals surface area (Å²) in [7, 11) is 0. The Balaban J connectivity index is 1.52. The van der Waals surface area contributed by atoms with Gasteiger partial charge in [-0.15, -0.1) is 11.3 Å². The van der Waals surface area contributed by atoms with E-state index in [1.54, 1.807) is 11.3 Å². The van der Waals surface area contributed by atoms with E-state index >= 15 is 0 Å². The predicted octanol–water partition coefficient (Wildman–Crippen LogP) is 2.60. The molecule has 0 N–H and O–H groups in total. The van der Waals surface area contributed by atoms with Crippen molar-refractivity contribution in [1.29, 1.82) is 0 Å². The average molecular weight is 259 g/mol. The van der Waals surface area contributed by atoms with Crippen LogP contribution in [-0.2, 0) is 13.0 Å². The first-order valence-corrected chi connectivity index (χ1v) is 7.28. The Hall–Kier alpha value is -1.26. The van der Waals surface area contributed by atoms with E-state index in [9.17, 15) is 0 Å².